The highest BCUT2D eigenvalue weighted by Gasteiger charge is 2.30. The van der Waals surface area contributed by atoms with Gasteiger partial charge in [0.25, 0.3) is 0 Å². The lowest BCUT2D eigenvalue weighted by molar-refractivity contribution is 0.380. The summed E-state index contributed by atoms with van der Waals surface area (Å²) in [5.41, 5.74) is 1.30. The van der Waals surface area contributed by atoms with Gasteiger partial charge in [0.2, 0.25) is 10.0 Å². The molecule has 0 aromatic carbocycles. The van der Waals surface area contributed by atoms with E-state index in [0.717, 1.165) is 31.6 Å². The average molecular weight is 316 g/mol. The molecule has 1 unspecified atom stereocenters. The molecule has 6 nitrogen and oxygen atoms in total. The predicted molar refractivity (Wildman–Crippen MR) is 84.9 cm³/mol. The van der Waals surface area contributed by atoms with Gasteiger partial charge in [-0.3, -0.25) is 4.68 Å². The van der Waals surface area contributed by atoms with Crippen molar-refractivity contribution in [3.8, 4) is 0 Å². The van der Waals surface area contributed by atoms with E-state index in [1.54, 1.807) is 18.7 Å². The molecule has 21 heavy (non-hydrogen) atoms. The minimum atomic E-state index is -3.49. The van der Waals surface area contributed by atoms with Crippen molar-refractivity contribution in [2.75, 3.05) is 20.6 Å². The summed E-state index contributed by atoms with van der Waals surface area (Å²) in [5, 5.41) is 7.48. The lowest BCUT2D eigenvalue weighted by atomic mass is 10.3. The third kappa shape index (κ3) is 3.84. The summed E-state index contributed by atoms with van der Waals surface area (Å²) in [6.07, 6.45) is 1.70. The maximum absolute atomic E-state index is 12.8. The summed E-state index contributed by atoms with van der Waals surface area (Å²) in [7, 11) is 0.0535. The van der Waals surface area contributed by atoms with Crippen LogP contribution in [-0.4, -0.2) is 49.2 Å². The SMILES string of the molecule is CCC(C)N(C)S(=O)(=O)c1c(C)nn(CCCNC)c1C. The molecule has 1 aromatic rings. The zero-order valence-corrected chi connectivity index (χ0v) is 14.8. The quantitative estimate of drug-likeness (QED) is 0.739. The lowest BCUT2D eigenvalue weighted by Crippen LogP contribution is -2.35. The maximum Gasteiger partial charge on any atom is 0.246 e. The Labute approximate surface area is 128 Å². The van der Waals surface area contributed by atoms with Crippen LogP contribution in [0.1, 0.15) is 38.1 Å². The van der Waals surface area contributed by atoms with Gasteiger partial charge in [0.1, 0.15) is 4.90 Å². The Hall–Kier alpha value is -0.920. The second-order valence-corrected chi connectivity index (χ2v) is 7.39. The van der Waals surface area contributed by atoms with Crippen LogP contribution in [0.15, 0.2) is 4.90 Å². The Balaban J connectivity index is 3.13. The van der Waals surface area contributed by atoms with Crippen LogP contribution in [0.25, 0.3) is 0 Å². The van der Waals surface area contributed by atoms with Gasteiger partial charge >= 0.3 is 0 Å². The normalized spacial score (nSPS) is 13.9. The summed E-state index contributed by atoms with van der Waals surface area (Å²) >= 11 is 0. The van der Waals surface area contributed by atoms with Gasteiger partial charge in [-0.25, -0.2) is 8.42 Å². The zero-order chi connectivity index (χ0) is 16.2. The van der Waals surface area contributed by atoms with Gasteiger partial charge in [-0.15, -0.1) is 0 Å². The first-order valence-electron chi connectivity index (χ1n) is 7.44. The third-order valence-corrected chi connectivity index (χ3v) is 6.19. The molecule has 0 aliphatic carbocycles. The van der Waals surface area contributed by atoms with Crippen LogP contribution in [0, 0.1) is 13.8 Å². The van der Waals surface area contributed by atoms with Crippen molar-refractivity contribution in [2.24, 2.45) is 0 Å². The van der Waals surface area contributed by atoms with Crippen LogP contribution in [0.3, 0.4) is 0 Å². The molecule has 0 fully saturated rings. The highest BCUT2D eigenvalue weighted by Crippen LogP contribution is 2.24. The monoisotopic (exact) mass is 316 g/mol. The summed E-state index contributed by atoms with van der Waals surface area (Å²) in [6.45, 7) is 9.09. The van der Waals surface area contributed by atoms with E-state index in [1.807, 2.05) is 27.8 Å². The van der Waals surface area contributed by atoms with Gasteiger partial charge in [-0.05, 0) is 47.2 Å². The first kappa shape index (κ1) is 18.1. The summed E-state index contributed by atoms with van der Waals surface area (Å²) in [4.78, 5) is 0.356. The number of hydrogen-bond donors (Lipinski definition) is 1. The van der Waals surface area contributed by atoms with Crippen LogP contribution >= 0.6 is 0 Å². The highest BCUT2D eigenvalue weighted by atomic mass is 32.2. The van der Waals surface area contributed by atoms with E-state index in [9.17, 15) is 8.42 Å². The predicted octanol–water partition coefficient (Wildman–Crippen LogP) is 1.53. The van der Waals surface area contributed by atoms with Crippen molar-refractivity contribution < 1.29 is 8.42 Å². The first-order chi connectivity index (χ1) is 9.77. The second kappa shape index (κ2) is 7.38. The molecule has 0 aliphatic heterocycles. The Morgan fingerprint density at radius 1 is 1.38 bits per heavy atom. The fourth-order valence-electron chi connectivity index (χ4n) is 2.32. The first-order valence-corrected chi connectivity index (χ1v) is 8.88. The minimum absolute atomic E-state index is 0.0264. The summed E-state index contributed by atoms with van der Waals surface area (Å²) in [5.74, 6) is 0. The smallest absolute Gasteiger partial charge is 0.246 e. The van der Waals surface area contributed by atoms with Crippen molar-refractivity contribution in [1.29, 1.82) is 0 Å². The van der Waals surface area contributed by atoms with Crippen molar-refractivity contribution in [2.45, 2.75) is 58.0 Å². The van der Waals surface area contributed by atoms with Crippen LogP contribution in [0.2, 0.25) is 0 Å². The minimum Gasteiger partial charge on any atom is -0.320 e. The Morgan fingerprint density at radius 3 is 2.52 bits per heavy atom. The molecule has 0 bridgehead atoms. The number of nitrogens with one attached hydrogen (secondary N) is 1. The number of aryl methyl sites for hydroxylation is 2. The average Bonchev–Trinajstić information content (AvgIpc) is 2.72. The Kier molecular flexibility index (Phi) is 6.37. The molecule has 1 rings (SSSR count). The molecule has 1 N–H and O–H groups in total. The van der Waals surface area contributed by atoms with Crippen molar-refractivity contribution >= 4 is 10.0 Å². The van der Waals surface area contributed by atoms with E-state index >= 15 is 0 Å². The number of hydrogen-bond acceptors (Lipinski definition) is 4. The van der Waals surface area contributed by atoms with E-state index in [2.05, 4.69) is 10.4 Å². The van der Waals surface area contributed by atoms with Gasteiger partial charge in [-0.2, -0.15) is 9.40 Å². The highest BCUT2D eigenvalue weighted by molar-refractivity contribution is 7.89. The van der Waals surface area contributed by atoms with Crippen molar-refractivity contribution in [1.82, 2.24) is 19.4 Å². The number of sulfonamides is 1. The van der Waals surface area contributed by atoms with Gasteiger partial charge in [0, 0.05) is 19.6 Å². The van der Waals surface area contributed by atoms with E-state index < -0.39 is 10.0 Å². The third-order valence-electron chi connectivity index (χ3n) is 3.96. The van der Waals surface area contributed by atoms with Crippen LogP contribution in [-0.2, 0) is 16.6 Å². The molecular weight excluding hydrogens is 288 g/mol. The molecule has 0 aliphatic rings. The Bertz CT molecular complexity index is 566. The molecule has 1 heterocycles. The lowest BCUT2D eigenvalue weighted by Gasteiger charge is -2.23. The molecule has 1 atom stereocenters. The molecule has 0 amide bonds. The van der Waals surface area contributed by atoms with E-state index in [1.165, 1.54) is 4.31 Å². The van der Waals surface area contributed by atoms with Gasteiger partial charge in [-0.1, -0.05) is 6.92 Å². The largest absolute Gasteiger partial charge is 0.320 e. The molecular formula is C14H28N4O2S. The van der Waals surface area contributed by atoms with Crippen molar-refractivity contribution in [3.63, 3.8) is 0 Å². The zero-order valence-electron chi connectivity index (χ0n) is 14.0. The van der Waals surface area contributed by atoms with Crippen LogP contribution < -0.4 is 5.32 Å². The van der Waals surface area contributed by atoms with Gasteiger partial charge < -0.3 is 5.32 Å². The number of aromatic nitrogens is 2. The molecule has 0 radical (unpaired) electrons. The number of rotatable bonds is 8. The molecule has 0 saturated heterocycles. The van der Waals surface area contributed by atoms with E-state index in [4.69, 9.17) is 0 Å². The molecule has 0 spiro atoms. The van der Waals surface area contributed by atoms with Crippen LogP contribution in [0.4, 0.5) is 0 Å². The van der Waals surface area contributed by atoms with E-state index in [-0.39, 0.29) is 6.04 Å². The topological polar surface area (TPSA) is 67.2 Å². The maximum atomic E-state index is 12.8. The summed E-state index contributed by atoms with van der Waals surface area (Å²) in [6, 6.07) is -0.0264. The second-order valence-electron chi connectivity index (χ2n) is 5.46. The summed E-state index contributed by atoms with van der Waals surface area (Å²) < 4.78 is 28.8. The van der Waals surface area contributed by atoms with Gasteiger partial charge in [0.15, 0.2) is 0 Å². The number of nitrogens with zero attached hydrogens (tertiary/aromatic N) is 3. The molecule has 1 aromatic heterocycles. The van der Waals surface area contributed by atoms with E-state index in [0.29, 0.717) is 10.6 Å². The molecule has 7 heteroatoms. The van der Waals surface area contributed by atoms with Gasteiger partial charge in [0.05, 0.1) is 11.4 Å². The van der Waals surface area contributed by atoms with Crippen LogP contribution in [0.5, 0.6) is 0 Å². The fourth-order valence-corrected chi connectivity index (χ4v) is 4.12. The molecule has 122 valence electrons. The Morgan fingerprint density at radius 2 is 2.00 bits per heavy atom. The fraction of sp³-hybridized carbons (Fsp3) is 0.786. The standard InChI is InChI=1S/C14H28N4O2S/c1-7-11(2)17(6)21(19,20)14-12(3)16-18(13(14)4)10-8-9-15-5/h11,15H,7-10H2,1-6H3. The van der Waals surface area contributed by atoms with Crippen molar-refractivity contribution in [3.05, 3.63) is 11.4 Å². The molecule has 0 saturated carbocycles.